The number of hydrogen-bond acceptors (Lipinski definition) is 6. The molecule has 244 valence electrons. The number of carboxylic acid groups (broad SMARTS) is 1. The van der Waals surface area contributed by atoms with E-state index in [2.05, 4.69) is 33.2 Å². The fourth-order valence-corrected chi connectivity index (χ4v) is 7.13. The number of aromatic carboxylic acids is 1. The van der Waals surface area contributed by atoms with Crippen LogP contribution >= 0.6 is 11.3 Å². The van der Waals surface area contributed by atoms with Gasteiger partial charge in [-0.1, -0.05) is 43.8 Å². The molecule has 2 amide bonds. The molecule has 0 atom stereocenters. The molecule has 4 heterocycles. The van der Waals surface area contributed by atoms with E-state index < -0.39 is 17.8 Å². The molecule has 0 aliphatic carbocycles. The summed E-state index contributed by atoms with van der Waals surface area (Å²) in [6.45, 7) is 7.17. The summed E-state index contributed by atoms with van der Waals surface area (Å²) >= 11 is 1.56. The van der Waals surface area contributed by atoms with Gasteiger partial charge in [0.15, 0.2) is 5.69 Å². The summed E-state index contributed by atoms with van der Waals surface area (Å²) in [4.78, 5) is 48.4. The van der Waals surface area contributed by atoms with Crippen LogP contribution in [0.5, 0.6) is 5.75 Å². The molecule has 4 N–H and O–H groups in total. The molecule has 0 radical (unpaired) electrons. The third kappa shape index (κ3) is 5.98. The van der Waals surface area contributed by atoms with Gasteiger partial charge in [-0.3, -0.25) is 9.59 Å². The number of nitrogens with zero attached hydrogens (tertiary/aromatic N) is 1. The van der Waals surface area contributed by atoms with E-state index in [0.717, 1.165) is 43.6 Å². The number of carbonyl (C=O) groups is 3. The van der Waals surface area contributed by atoms with Gasteiger partial charge in [-0.25, -0.2) is 9.78 Å². The van der Waals surface area contributed by atoms with Gasteiger partial charge in [0.05, 0.1) is 6.61 Å². The Kier molecular flexibility index (Phi) is 8.54. The Balaban J connectivity index is 1.39. The summed E-state index contributed by atoms with van der Waals surface area (Å²) in [5, 5.41) is 19.1. The average Bonchev–Trinajstić information content (AvgIpc) is 3.76. The van der Waals surface area contributed by atoms with Gasteiger partial charge < -0.3 is 25.5 Å². The van der Waals surface area contributed by atoms with Crippen LogP contribution in [0.2, 0.25) is 0 Å². The first-order valence-electron chi connectivity index (χ1n) is 15.9. The monoisotopic (exact) mass is 668 g/mol. The third-order valence-electron chi connectivity index (χ3n) is 8.55. The lowest BCUT2D eigenvalue weighted by atomic mass is 9.92. The Morgan fingerprint density at radius 3 is 2.61 bits per heavy atom. The second-order valence-electron chi connectivity index (χ2n) is 11.6. The fraction of sp³-hybridized carbons (Fsp3) is 0.128. The molecule has 0 bridgehead atoms. The van der Waals surface area contributed by atoms with Gasteiger partial charge in [0.25, 0.3) is 11.8 Å². The zero-order valence-electron chi connectivity index (χ0n) is 26.6. The van der Waals surface area contributed by atoms with Crippen LogP contribution < -0.4 is 15.4 Å². The summed E-state index contributed by atoms with van der Waals surface area (Å²) < 4.78 is 6.18. The number of aromatic nitrogens is 2. The molecule has 3 aromatic heterocycles. The standard InChI is InChI=1S/C39H32N4O5S/c1-3-16-41-38(45)32-10-9-25(35(42-32)39(46)47)27-21-33-29(36-24(14-18-48-33)15-19-49-36)20-28(27)37(44)43-31-12-11-30-26(13-17-40-30)34(31)22(2)23-7-5-4-6-8-23/h4-13,15,17,19-21,40H,2-3,14,16,18H2,1H3,(H,41,45)(H,43,44)(H,46,47). The Bertz CT molecular complexity index is 2270. The summed E-state index contributed by atoms with van der Waals surface area (Å²) in [6, 6.07) is 23.9. The molecule has 6 aromatic rings. The molecule has 0 spiro atoms. The number of carbonyl (C=O) groups excluding carboxylic acids is 2. The van der Waals surface area contributed by atoms with Crippen molar-refractivity contribution in [1.82, 2.24) is 15.3 Å². The number of ether oxygens (including phenoxy) is 1. The lowest BCUT2D eigenvalue weighted by Crippen LogP contribution is -2.25. The SMILES string of the molecule is C=C(c1ccccc1)c1c(NC(=O)c2cc3c(cc2-c2ccc(C(=O)NCCC)nc2C(=O)O)OCCc2ccsc2-3)ccc2[nH]ccc12. The molecule has 0 unspecified atom stereocenters. The van der Waals surface area contributed by atoms with Crippen LogP contribution in [0, 0.1) is 0 Å². The van der Waals surface area contributed by atoms with E-state index in [1.165, 1.54) is 12.1 Å². The minimum Gasteiger partial charge on any atom is -0.493 e. The first kappa shape index (κ1) is 31.6. The van der Waals surface area contributed by atoms with E-state index in [1.807, 2.05) is 67.0 Å². The molecule has 10 heteroatoms. The van der Waals surface area contributed by atoms with Crippen LogP contribution in [-0.4, -0.2) is 46.0 Å². The topological polar surface area (TPSA) is 133 Å². The highest BCUT2D eigenvalue weighted by atomic mass is 32.1. The van der Waals surface area contributed by atoms with Gasteiger partial charge >= 0.3 is 5.97 Å². The van der Waals surface area contributed by atoms with Crippen LogP contribution in [0.25, 0.3) is 38.0 Å². The van der Waals surface area contributed by atoms with Crippen molar-refractivity contribution in [3.05, 3.63) is 131 Å². The van der Waals surface area contributed by atoms with E-state index in [-0.39, 0.29) is 22.5 Å². The third-order valence-corrected chi connectivity index (χ3v) is 9.54. The molecular formula is C39H32N4O5S. The molecule has 9 nitrogen and oxygen atoms in total. The Labute approximate surface area is 286 Å². The van der Waals surface area contributed by atoms with Crippen molar-refractivity contribution in [3.63, 3.8) is 0 Å². The number of rotatable bonds is 9. The molecule has 49 heavy (non-hydrogen) atoms. The number of fused-ring (bicyclic) bond motifs is 4. The number of carboxylic acids is 1. The minimum absolute atomic E-state index is 0.0290. The number of anilines is 1. The van der Waals surface area contributed by atoms with Crippen LogP contribution in [0.15, 0.2) is 97.0 Å². The van der Waals surface area contributed by atoms with Gasteiger partial charge in [-0.05, 0) is 77.0 Å². The highest BCUT2D eigenvalue weighted by Gasteiger charge is 2.27. The number of benzene rings is 3. The Morgan fingerprint density at radius 2 is 1.82 bits per heavy atom. The normalized spacial score (nSPS) is 11.9. The van der Waals surface area contributed by atoms with Gasteiger partial charge in [-0.2, -0.15) is 0 Å². The quantitative estimate of drug-likeness (QED) is 0.123. The maximum absolute atomic E-state index is 14.6. The maximum Gasteiger partial charge on any atom is 0.355 e. The van der Waals surface area contributed by atoms with E-state index in [1.54, 1.807) is 23.5 Å². The molecule has 0 fully saturated rings. The van der Waals surface area contributed by atoms with Gasteiger partial charge in [0.2, 0.25) is 0 Å². The largest absolute Gasteiger partial charge is 0.493 e. The van der Waals surface area contributed by atoms with Crippen LogP contribution in [0.1, 0.15) is 61.4 Å². The average molecular weight is 669 g/mol. The first-order valence-corrected chi connectivity index (χ1v) is 16.8. The second-order valence-corrected chi connectivity index (χ2v) is 12.6. The molecule has 3 aromatic carbocycles. The van der Waals surface area contributed by atoms with E-state index in [9.17, 15) is 19.5 Å². The summed E-state index contributed by atoms with van der Waals surface area (Å²) in [5.41, 5.74) is 6.01. The highest BCUT2D eigenvalue weighted by molar-refractivity contribution is 7.13. The van der Waals surface area contributed by atoms with E-state index in [4.69, 9.17) is 4.74 Å². The summed E-state index contributed by atoms with van der Waals surface area (Å²) in [7, 11) is 0. The lowest BCUT2D eigenvalue weighted by Gasteiger charge is -2.19. The highest BCUT2D eigenvalue weighted by Crippen LogP contribution is 2.44. The summed E-state index contributed by atoms with van der Waals surface area (Å²) in [5.74, 6) is -1.74. The van der Waals surface area contributed by atoms with Crippen molar-refractivity contribution in [3.8, 4) is 27.3 Å². The number of pyridine rings is 1. The number of amides is 2. The van der Waals surface area contributed by atoms with Gasteiger partial charge in [0.1, 0.15) is 11.4 Å². The van der Waals surface area contributed by atoms with Crippen molar-refractivity contribution >= 4 is 51.3 Å². The predicted octanol–water partition coefficient (Wildman–Crippen LogP) is 8.05. The van der Waals surface area contributed by atoms with Gasteiger partial charge in [-0.15, -0.1) is 11.3 Å². The number of thiophene rings is 1. The van der Waals surface area contributed by atoms with E-state index in [0.29, 0.717) is 43.0 Å². The molecule has 7 rings (SSSR count). The Hall–Kier alpha value is -6.00. The minimum atomic E-state index is -1.33. The van der Waals surface area contributed by atoms with Crippen molar-refractivity contribution in [2.45, 2.75) is 19.8 Å². The molecular weight excluding hydrogens is 637 g/mol. The van der Waals surface area contributed by atoms with Crippen molar-refractivity contribution in [2.24, 2.45) is 0 Å². The zero-order chi connectivity index (χ0) is 34.1. The smallest absolute Gasteiger partial charge is 0.355 e. The fourth-order valence-electron chi connectivity index (χ4n) is 6.16. The predicted molar refractivity (Wildman–Crippen MR) is 193 cm³/mol. The van der Waals surface area contributed by atoms with Crippen LogP contribution in [0.3, 0.4) is 0 Å². The van der Waals surface area contributed by atoms with E-state index >= 15 is 0 Å². The Morgan fingerprint density at radius 1 is 0.980 bits per heavy atom. The number of aromatic amines is 1. The number of H-pyrrole nitrogens is 1. The molecule has 0 saturated heterocycles. The van der Waals surface area contributed by atoms with Crippen molar-refractivity contribution in [1.29, 1.82) is 0 Å². The number of hydrogen-bond donors (Lipinski definition) is 4. The summed E-state index contributed by atoms with van der Waals surface area (Å²) in [6.07, 6.45) is 3.25. The second kappa shape index (κ2) is 13.2. The van der Waals surface area contributed by atoms with Crippen molar-refractivity contribution < 1.29 is 24.2 Å². The molecule has 1 aliphatic rings. The maximum atomic E-state index is 14.6. The molecule has 0 saturated carbocycles. The van der Waals surface area contributed by atoms with Crippen LogP contribution in [0.4, 0.5) is 5.69 Å². The van der Waals surface area contributed by atoms with Gasteiger partial charge in [0, 0.05) is 68.4 Å². The molecule has 1 aliphatic heterocycles. The zero-order valence-corrected chi connectivity index (χ0v) is 27.4. The first-order chi connectivity index (χ1) is 23.8. The number of nitrogens with one attached hydrogen (secondary N) is 3. The lowest BCUT2D eigenvalue weighted by molar-refractivity contribution is 0.0691. The van der Waals surface area contributed by atoms with Crippen molar-refractivity contribution in [2.75, 3.05) is 18.5 Å². The van der Waals surface area contributed by atoms with Crippen LogP contribution in [-0.2, 0) is 6.42 Å².